The molecule has 0 amide bonds. The van der Waals surface area contributed by atoms with Gasteiger partial charge in [0.1, 0.15) is 12.2 Å². The second-order valence-electron chi connectivity index (χ2n) is 9.20. The van der Waals surface area contributed by atoms with Gasteiger partial charge >= 0.3 is 5.97 Å². The molecule has 0 bridgehead atoms. The number of carbonyl (C=O) groups excluding carboxylic acids is 2. The van der Waals surface area contributed by atoms with Gasteiger partial charge in [-0.1, -0.05) is 72.8 Å². The van der Waals surface area contributed by atoms with E-state index in [0.717, 1.165) is 26.2 Å². The van der Waals surface area contributed by atoms with E-state index in [0.29, 0.717) is 12.1 Å². The van der Waals surface area contributed by atoms with Crippen LogP contribution >= 0.6 is 0 Å². The molecule has 1 saturated heterocycles. The minimum Gasteiger partial charge on any atom is -0.461 e. The summed E-state index contributed by atoms with van der Waals surface area (Å²) in [5, 5.41) is 11.0. The third kappa shape index (κ3) is 7.00. The molecule has 0 radical (unpaired) electrons. The maximum atomic E-state index is 12.6. The Morgan fingerprint density at radius 1 is 0.921 bits per heavy atom. The van der Waals surface area contributed by atoms with Gasteiger partial charge in [-0.3, -0.25) is 24.7 Å². The van der Waals surface area contributed by atoms with Gasteiger partial charge in [-0.2, -0.15) is 0 Å². The summed E-state index contributed by atoms with van der Waals surface area (Å²) in [6, 6.07) is 26.9. The number of hydrogen-bond donors (Lipinski definition) is 0. The molecule has 3 aromatic carbocycles. The zero-order valence-corrected chi connectivity index (χ0v) is 21.4. The molecule has 0 unspecified atom stereocenters. The predicted octanol–water partition coefficient (Wildman–Crippen LogP) is 4.52. The highest BCUT2D eigenvalue weighted by molar-refractivity contribution is 6.19. The second-order valence-corrected chi connectivity index (χ2v) is 9.20. The molecule has 3 aromatic rings. The summed E-state index contributed by atoms with van der Waals surface area (Å²) in [4.78, 5) is 39.9. The van der Waals surface area contributed by atoms with Crippen molar-refractivity contribution in [2.45, 2.75) is 13.0 Å². The average molecular weight is 514 g/mol. The van der Waals surface area contributed by atoms with Gasteiger partial charge in [0.15, 0.2) is 5.78 Å². The number of nitro groups is 1. The van der Waals surface area contributed by atoms with Crippen LogP contribution in [0, 0.1) is 10.1 Å². The van der Waals surface area contributed by atoms with E-state index in [2.05, 4.69) is 58.3 Å². The lowest BCUT2D eigenvalue weighted by Crippen LogP contribution is -2.48. The summed E-state index contributed by atoms with van der Waals surface area (Å²) in [7, 11) is 0. The van der Waals surface area contributed by atoms with Crippen molar-refractivity contribution in [2.24, 2.45) is 0 Å². The fraction of sp³-hybridized carbons (Fsp3) is 0.267. The maximum Gasteiger partial charge on any atom is 0.341 e. The van der Waals surface area contributed by atoms with E-state index < -0.39 is 16.7 Å². The van der Waals surface area contributed by atoms with Crippen LogP contribution in [-0.4, -0.2) is 65.8 Å². The minimum absolute atomic E-state index is 0.115. The lowest BCUT2D eigenvalue weighted by atomic mass is 9.96. The predicted molar refractivity (Wildman–Crippen MR) is 145 cm³/mol. The van der Waals surface area contributed by atoms with Crippen LogP contribution in [0.1, 0.15) is 29.7 Å². The van der Waals surface area contributed by atoms with E-state index in [4.69, 9.17) is 4.74 Å². The Morgan fingerprint density at radius 2 is 1.53 bits per heavy atom. The highest BCUT2D eigenvalue weighted by Gasteiger charge is 2.26. The monoisotopic (exact) mass is 513 g/mol. The Kier molecular flexibility index (Phi) is 9.13. The van der Waals surface area contributed by atoms with Gasteiger partial charge in [0.05, 0.1) is 11.0 Å². The van der Waals surface area contributed by atoms with Crippen molar-refractivity contribution in [1.29, 1.82) is 0 Å². The smallest absolute Gasteiger partial charge is 0.341 e. The number of ether oxygens (including phenoxy) is 1. The molecule has 0 saturated carbocycles. The topological polar surface area (TPSA) is 93.0 Å². The standard InChI is InChI=1S/C30H31N3O5/c1-23(34)28(22-24-9-8-14-27(21-24)33(36)37)30(35)38-20-19-31-15-17-32(18-16-31)29(25-10-4-2-5-11-25)26-12-6-3-7-13-26/h2-14,21-22,29H,15-20H2,1H3/b28-22+. The van der Waals surface area contributed by atoms with Crippen LogP contribution < -0.4 is 0 Å². The van der Waals surface area contributed by atoms with E-state index >= 15 is 0 Å². The molecule has 1 aliphatic heterocycles. The average Bonchev–Trinajstić information content (AvgIpc) is 2.94. The van der Waals surface area contributed by atoms with Crippen LogP contribution in [0.15, 0.2) is 90.5 Å². The molecule has 8 heteroatoms. The summed E-state index contributed by atoms with van der Waals surface area (Å²) in [5.74, 6) is -1.18. The van der Waals surface area contributed by atoms with Crippen LogP contribution in [0.4, 0.5) is 5.69 Å². The summed E-state index contributed by atoms with van der Waals surface area (Å²) < 4.78 is 5.41. The third-order valence-electron chi connectivity index (χ3n) is 6.63. The highest BCUT2D eigenvalue weighted by atomic mass is 16.6. The SMILES string of the molecule is CC(=O)/C(=C\c1cccc([N+](=O)[O-])c1)C(=O)OCCN1CCN(C(c2ccccc2)c2ccccc2)CC1. The summed E-state index contributed by atoms with van der Waals surface area (Å²) in [6.45, 7) is 5.39. The Labute approximate surface area is 222 Å². The second kappa shape index (κ2) is 12.9. The van der Waals surface area contributed by atoms with Crippen LogP contribution in [0.25, 0.3) is 6.08 Å². The summed E-state index contributed by atoms with van der Waals surface area (Å²) >= 11 is 0. The van der Waals surface area contributed by atoms with Gasteiger partial charge in [-0.15, -0.1) is 0 Å². The molecule has 38 heavy (non-hydrogen) atoms. The van der Waals surface area contributed by atoms with Crippen molar-refractivity contribution in [3.63, 3.8) is 0 Å². The Morgan fingerprint density at radius 3 is 2.08 bits per heavy atom. The summed E-state index contributed by atoms with van der Waals surface area (Å²) in [6.07, 6.45) is 1.34. The fourth-order valence-corrected chi connectivity index (χ4v) is 4.67. The van der Waals surface area contributed by atoms with E-state index in [1.165, 1.54) is 42.3 Å². The first-order valence-electron chi connectivity index (χ1n) is 12.6. The summed E-state index contributed by atoms with van der Waals surface area (Å²) in [5.41, 5.74) is 2.66. The molecule has 0 aromatic heterocycles. The van der Waals surface area contributed by atoms with Crippen molar-refractivity contribution >= 4 is 23.5 Å². The van der Waals surface area contributed by atoms with Gasteiger partial charge in [-0.05, 0) is 29.7 Å². The maximum absolute atomic E-state index is 12.6. The molecule has 196 valence electrons. The first-order valence-corrected chi connectivity index (χ1v) is 12.6. The molecule has 0 N–H and O–H groups in total. The number of nitro benzene ring substituents is 1. The van der Waals surface area contributed by atoms with Crippen molar-refractivity contribution < 1.29 is 19.2 Å². The normalized spacial score (nSPS) is 14.8. The molecule has 4 rings (SSSR count). The van der Waals surface area contributed by atoms with E-state index in [1.54, 1.807) is 6.07 Å². The highest BCUT2D eigenvalue weighted by Crippen LogP contribution is 2.29. The van der Waals surface area contributed by atoms with Crippen LogP contribution in [0.3, 0.4) is 0 Å². The van der Waals surface area contributed by atoms with Gasteiger partial charge in [-0.25, -0.2) is 4.79 Å². The van der Waals surface area contributed by atoms with Crippen LogP contribution in [0.5, 0.6) is 0 Å². The number of benzene rings is 3. The zero-order valence-electron chi connectivity index (χ0n) is 21.4. The quantitative estimate of drug-likeness (QED) is 0.0983. The van der Waals surface area contributed by atoms with Crippen molar-refractivity contribution in [2.75, 3.05) is 39.3 Å². The van der Waals surface area contributed by atoms with Gasteiger partial charge < -0.3 is 4.74 Å². The first kappa shape index (κ1) is 26.9. The minimum atomic E-state index is -0.726. The number of rotatable bonds is 10. The number of nitrogens with zero attached hydrogens (tertiary/aromatic N) is 3. The number of hydrogen-bond acceptors (Lipinski definition) is 7. The Hall–Kier alpha value is -4.14. The zero-order chi connectivity index (χ0) is 26.9. The molecule has 0 aliphatic carbocycles. The van der Waals surface area contributed by atoms with E-state index in [9.17, 15) is 19.7 Å². The van der Waals surface area contributed by atoms with Crippen molar-refractivity contribution in [1.82, 2.24) is 9.80 Å². The van der Waals surface area contributed by atoms with E-state index in [1.807, 2.05) is 12.1 Å². The largest absolute Gasteiger partial charge is 0.461 e. The molecule has 1 fully saturated rings. The number of esters is 1. The van der Waals surface area contributed by atoms with Gasteiger partial charge in [0, 0.05) is 44.9 Å². The molecular weight excluding hydrogens is 482 g/mol. The first-order chi connectivity index (χ1) is 18.4. The van der Waals surface area contributed by atoms with Crippen LogP contribution in [0.2, 0.25) is 0 Å². The molecule has 0 atom stereocenters. The van der Waals surface area contributed by atoms with Crippen molar-refractivity contribution in [3.05, 3.63) is 117 Å². The molecular formula is C30H31N3O5. The number of ketones is 1. The lowest BCUT2D eigenvalue weighted by Gasteiger charge is -2.39. The number of Topliss-reactive ketones (excluding diaryl/α,β-unsaturated/α-hetero) is 1. The fourth-order valence-electron chi connectivity index (χ4n) is 4.67. The Balaban J connectivity index is 1.33. The molecule has 1 aliphatic rings. The molecule has 1 heterocycles. The number of non-ortho nitro benzene ring substituents is 1. The van der Waals surface area contributed by atoms with E-state index in [-0.39, 0.29) is 23.9 Å². The molecule has 0 spiro atoms. The number of piperazine rings is 1. The number of carbonyl (C=O) groups is 2. The van der Waals surface area contributed by atoms with Gasteiger partial charge in [0.25, 0.3) is 5.69 Å². The third-order valence-corrected chi connectivity index (χ3v) is 6.63. The van der Waals surface area contributed by atoms with Gasteiger partial charge in [0.2, 0.25) is 0 Å². The van der Waals surface area contributed by atoms with Crippen LogP contribution in [-0.2, 0) is 14.3 Å². The van der Waals surface area contributed by atoms with Crippen molar-refractivity contribution in [3.8, 4) is 0 Å². The molecule has 8 nitrogen and oxygen atoms in total. The Bertz CT molecular complexity index is 1250. The lowest BCUT2D eigenvalue weighted by molar-refractivity contribution is -0.384.